The van der Waals surface area contributed by atoms with Gasteiger partial charge in [0.1, 0.15) is 12.4 Å². The maximum absolute atomic E-state index is 2.49. The number of unbranched alkanes of at least 4 members (excludes halogenated alkanes) is 4. The first-order valence-electron chi connectivity index (χ1n) is 7.90. The molecule has 0 spiro atoms. The second-order valence-corrected chi connectivity index (χ2v) is 5.27. The zero-order chi connectivity index (χ0) is 13.2. The van der Waals surface area contributed by atoms with Crippen LogP contribution in [0.2, 0.25) is 0 Å². The van der Waals surface area contributed by atoms with Crippen LogP contribution >= 0.6 is 0 Å². The molecule has 0 bridgehead atoms. The van der Waals surface area contributed by atoms with Crippen molar-refractivity contribution in [3.63, 3.8) is 0 Å². The summed E-state index contributed by atoms with van der Waals surface area (Å²) in [6.45, 7) is 9.21. The molecule has 0 fully saturated rings. The van der Waals surface area contributed by atoms with Crippen molar-refractivity contribution in [3.05, 3.63) is 18.2 Å². The molecule has 0 atom stereocenters. The van der Waals surface area contributed by atoms with Crippen LogP contribution in [0, 0.1) is 0 Å². The summed E-state index contributed by atoms with van der Waals surface area (Å²) in [5.41, 5.74) is 0. The molecular formula is C16H31N2+. The summed E-state index contributed by atoms with van der Waals surface area (Å²) in [5.74, 6) is 1.54. The maximum Gasteiger partial charge on any atom is 0.256 e. The Morgan fingerprint density at radius 1 is 0.944 bits per heavy atom. The molecule has 1 heterocycles. The molecule has 0 aromatic carbocycles. The molecule has 18 heavy (non-hydrogen) atoms. The monoisotopic (exact) mass is 251 g/mol. The number of rotatable bonds is 10. The molecule has 0 saturated carbocycles. The van der Waals surface area contributed by atoms with Gasteiger partial charge >= 0.3 is 0 Å². The van der Waals surface area contributed by atoms with Crippen LogP contribution in [0.5, 0.6) is 0 Å². The van der Waals surface area contributed by atoms with Crippen molar-refractivity contribution in [2.75, 3.05) is 0 Å². The normalized spacial score (nSPS) is 11.1. The zero-order valence-electron chi connectivity index (χ0n) is 12.6. The summed E-state index contributed by atoms with van der Waals surface area (Å²) in [7, 11) is 0. The molecule has 0 radical (unpaired) electrons. The lowest BCUT2D eigenvalue weighted by Crippen LogP contribution is -2.37. The summed E-state index contributed by atoms with van der Waals surface area (Å²) < 4.78 is 4.96. The van der Waals surface area contributed by atoms with Crippen molar-refractivity contribution in [1.29, 1.82) is 0 Å². The molecule has 0 aliphatic carbocycles. The summed E-state index contributed by atoms with van der Waals surface area (Å²) in [6.07, 6.45) is 14.9. The van der Waals surface area contributed by atoms with Crippen LogP contribution in [0.3, 0.4) is 0 Å². The minimum absolute atomic E-state index is 1.19. The van der Waals surface area contributed by atoms with E-state index in [1.807, 2.05) is 0 Å². The molecule has 0 aliphatic heterocycles. The Kier molecular flexibility index (Phi) is 7.79. The molecular weight excluding hydrogens is 220 g/mol. The highest BCUT2D eigenvalue weighted by atomic mass is 15.1. The fourth-order valence-electron chi connectivity index (χ4n) is 2.39. The van der Waals surface area contributed by atoms with Crippen LogP contribution in [0.15, 0.2) is 12.4 Å². The predicted molar refractivity (Wildman–Crippen MR) is 77.7 cm³/mol. The third kappa shape index (κ3) is 4.83. The Bertz CT molecular complexity index is 315. The highest BCUT2D eigenvalue weighted by Crippen LogP contribution is 2.05. The van der Waals surface area contributed by atoms with Gasteiger partial charge in [-0.1, -0.05) is 40.0 Å². The van der Waals surface area contributed by atoms with E-state index in [9.17, 15) is 0 Å². The number of aromatic nitrogens is 2. The Morgan fingerprint density at radius 2 is 1.67 bits per heavy atom. The van der Waals surface area contributed by atoms with Crippen LogP contribution < -0.4 is 4.57 Å². The van der Waals surface area contributed by atoms with Crippen LogP contribution in [0.1, 0.15) is 71.5 Å². The Hall–Kier alpha value is -0.790. The largest absolute Gasteiger partial charge is 0.256 e. The summed E-state index contributed by atoms with van der Waals surface area (Å²) >= 11 is 0. The van der Waals surface area contributed by atoms with Gasteiger partial charge in [0, 0.05) is 6.42 Å². The third-order valence-electron chi connectivity index (χ3n) is 3.60. The zero-order valence-corrected chi connectivity index (χ0v) is 12.6. The van der Waals surface area contributed by atoms with Gasteiger partial charge in [-0.15, -0.1) is 0 Å². The van der Waals surface area contributed by atoms with Gasteiger partial charge in [-0.2, -0.15) is 0 Å². The standard InChI is InChI=1S/C16H31N2/c1-4-7-10-13-18-15-14-17(12-9-6-3)16(18)11-8-5-2/h14-15H,4-13H2,1-3H3/q+1. The summed E-state index contributed by atoms with van der Waals surface area (Å²) in [4.78, 5) is 0. The molecule has 0 N–H and O–H groups in total. The molecule has 1 aromatic heterocycles. The molecule has 104 valence electrons. The smallest absolute Gasteiger partial charge is 0.234 e. The van der Waals surface area contributed by atoms with E-state index in [2.05, 4.69) is 42.3 Å². The molecule has 1 aromatic rings. The first kappa shape index (κ1) is 15.3. The van der Waals surface area contributed by atoms with E-state index >= 15 is 0 Å². The van der Waals surface area contributed by atoms with Gasteiger partial charge in [0.25, 0.3) is 5.82 Å². The summed E-state index contributed by atoms with van der Waals surface area (Å²) in [6, 6.07) is 0. The molecule has 0 amide bonds. The second-order valence-electron chi connectivity index (χ2n) is 5.27. The van der Waals surface area contributed by atoms with Gasteiger partial charge in [0.05, 0.1) is 13.1 Å². The van der Waals surface area contributed by atoms with Gasteiger partial charge in [0.15, 0.2) is 0 Å². The lowest BCUT2D eigenvalue weighted by molar-refractivity contribution is -0.704. The van der Waals surface area contributed by atoms with E-state index in [-0.39, 0.29) is 0 Å². The molecule has 1 rings (SSSR count). The van der Waals surface area contributed by atoms with Crippen LogP contribution in [0.25, 0.3) is 0 Å². The van der Waals surface area contributed by atoms with Crippen LogP contribution in [-0.2, 0) is 19.5 Å². The van der Waals surface area contributed by atoms with Gasteiger partial charge in [0.2, 0.25) is 0 Å². The number of hydrogen-bond acceptors (Lipinski definition) is 0. The molecule has 2 nitrogen and oxygen atoms in total. The van der Waals surface area contributed by atoms with Gasteiger partial charge < -0.3 is 0 Å². The van der Waals surface area contributed by atoms with E-state index in [0.717, 1.165) is 0 Å². The van der Waals surface area contributed by atoms with Crippen molar-refractivity contribution in [2.45, 2.75) is 85.2 Å². The SMILES string of the molecule is CCCCC[n+]1ccn(CCCC)c1CCCC. The number of imidazole rings is 1. The van der Waals surface area contributed by atoms with Crippen molar-refractivity contribution in [1.82, 2.24) is 4.57 Å². The fourth-order valence-corrected chi connectivity index (χ4v) is 2.39. The number of nitrogens with zero attached hydrogens (tertiary/aromatic N) is 2. The first-order chi connectivity index (χ1) is 8.83. The quantitative estimate of drug-likeness (QED) is 0.437. The minimum atomic E-state index is 1.19. The summed E-state index contributed by atoms with van der Waals surface area (Å²) in [5, 5.41) is 0. The number of aryl methyl sites for hydroxylation is 2. The van der Waals surface area contributed by atoms with Gasteiger partial charge in [-0.05, 0) is 25.7 Å². The molecule has 0 saturated heterocycles. The van der Waals surface area contributed by atoms with Crippen molar-refractivity contribution < 1.29 is 4.57 Å². The predicted octanol–water partition coefficient (Wildman–Crippen LogP) is 4.11. The van der Waals surface area contributed by atoms with E-state index in [4.69, 9.17) is 0 Å². The lowest BCUT2D eigenvalue weighted by Gasteiger charge is -2.04. The maximum atomic E-state index is 2.49. The molecule has 0 aliphatic rings. The Labute approximate surface area is 113 Å². The van der Waals surface area contributed by atoms with Crippen molar-refractivity contribution in [3.8, 4) is 0 Å². The second kappa shape index (κ2) is 9.18. The van der Waals surface area contributed by atoms with E-state index in [1.54, 1.807) is 5.82 Å². The average molecular weight is 251 g/mol. The first-order valence-corrected chi connectivity index (χ1v) is 7.90. The number of hydrogen-bond donors (Lipinski definition) is 0. The van der Waals surface area contributed by atoms with Crippen molar-refractivity contribution in [2.24, 2.45) is 0 Å². The van der Waals surface area contributed by atoms with E-state index in [1.165, 1.54) is 64.5 Å². The van der Waals surface area contributed by atoms with Crippen LogP contribution in [-0.4, -0.2) is 4.57 Å². The van der Waals surface area contributed by atoms with E-state index < -0.39 is 0 Å². The molecule has 0 unspecified atom stereocenters. The van der Waals surface area contributed by atoms with Gasteiger partial charge in [-0.25, -0.2) is 9.13 Å². The molecule has 2 heteroatoms. The third-order valence-corrected chi connectivity index (χ3v) is 3.60. The highest BCUT2D eigenvalue weighted by Gasteiger charge is 2.15. The highest BCUT2D eigenvalue weighted by molar-refractivity contribution is 4.84. The minimum Gasteiger partial charge on any atom is -0.234 e. The lowest BCUT2D eigenvalue weighted by atomic mass is 10.2. The van der Waals surface area contributed by atoms with Crippen molar-refractivity contribution >= 4 is 0 Å². The topological polar surface area (TPSA) is 8.81 Å². The van der Waals surface area contributed by atoms with E-state index in [0.29, 0.717) is 0 Å². The Morgan fingerprint density at radius 3 is 2.33 bits per heavy atom. The fraction of sp³-hybridized carbons (Fsp3) is 0.812. The van der Waals surface area contributed by atoms with Crippen LogP contribution in [0.4, 0.5) is 0 Å². The van der Waals surface area contributed by atoms with Gasteiger partial charge in [-0.3, -0.25) is 0 Å². The Balaban J connectivity index is 2.65. The average Bonchev–Trinajstić information content (AvgIpc) is 2.76.